The topological polar surface area (TPSA) is 65.7 Å². The van der Waals surface area contributed by atoms with Crippen LogP contribution in [0.15, 0.2) is 29.3 Å². The summed E-state index contributed by atoms with van der Waals surface area (Å²) in [6.07, 6.45) is 1.71. The van der Waals surface area contributed by atoms with Gasteiger partial charge in [-0.1, -0.05) is 0 Å². The maximum Gasteiger partial charge on any atom is 0.216 e. The largest absolute Gasteiger partial charge is 0.494 e. The summed E-state index contributed by atoms with van der Waals surface area (Å²) in [6, 6.07) is 7.35. The lowest BCUT2D eigenvalue weighted by molar-refractivity contribution is -0.109. The lowest BCUT2D eigenvalue weighted by Crippen LogP contribution is -2.24. The van der Waals surface area contributed by atoms with Gasteiger partial charge >= 0.3 is 0 Å². The number of hydrogen-bond donors (Lipinski definition) is 0. The number of aliphatic imine (C=N–C) groups is 1. The zero-order valence-corrected chi connectivity index (χ0v) is 10.6. The van der Waals surface area contributed by atoms with Gasteiger partial charge in [0, 0.05) is 5.69 Å². The Labute approximate surface area is 109 Å². The molecule has 1 heterocycles. The number of amidine groups is 1. The van der Waals surface area contributed by atoms with Crippen LogP contribution in [0.3, 0.4) is 0 Å². The van der Waals surface area contributed by atoms with Crippen molar-refractivity contribution in [3.8, 4) is 11.9 Å². The quantitative estimate of drug-likeness (QED) is 0.779. The molecule has 0 saturated carbocycles. The monoisotopic (exact) mass is 261 g/mol. The molecule has 18 heavy (non-hydrogen) atoms. The molecule has 92 valence electrons. The highest BCUT2D eigenvalue weighted by atomic mass is 32.2. The van der Waals surface area contributed by atoms with Crippen LogP contribution in [0.2, 0.25) is 0 Å². The third-order valence-electron chi connectivity index (χ3n) is 2.33. The molecule has 0 bridgehead atoms. The van der Waals surface area contributed by atoms with Crippen molar-refractivity contribution in [2.45, 2.75) is 6.92 Å². The average Bonchev–Trinajstić information content (AvgIpc) is 2.72. The molecule has 1 saturated heterocycles. The van der Waals surface area contributed by atoms with Crippen LogP contribution in [0.25, 0.3) is 0 Å². The molecule has 1 fully saturated rings. The summed E-state index contributed by atoms with van der Waals surface area (Å²) in [6.45, 7) is 2.76. The van der Waals surface area contributed by atoms with E-state index in [0.29, 0.717) is 11.8 Å². The minimum atomic E-state index is -0.0158. The van der Waals surface area contributed by atoms with E-state index in [1.165, 1.54) is 0 Å². The zero-order chi connectivity index (χ0) is 13.0. The standard InChI is InChI=1S/C12H11N3O2S/c1-2-17-10-5-3-9(4-6-10)15-7-11(16)18-12(15)14-8-13/h3-6H,2,7H2,1H3. The van der Waals surface area contributed by atoms with Gasteiger partial charge in [0.2, 0.25) is 11.3 Å². The number of carbonyl (C=O) groups excluding carboxylic acids is 1. The van der Waals surface area contributed by atoms with E-state index in [1.54, 1.807) is 11.1 Å². The van der Waals surface area contributed by atoms with Gasteiger partial charge in [-0.05, 0) is 43.0 Å². The number of ether oxygens (including phenoxy) is 1. The van der Waals surface area contributed by atoms with Crippen molar-refractivity contribution in [1.82, 2.24) is 0 Å². The summed E-state index contributed by atoms with van der Waals surface area (Å²) in [4.78, 5) is 16.8. The molecule has 1 aromatic carbocycles. The van der Waals surface area contributed by atoms with E-state index in [-0.39, 0.29) is 11.7 Å². The van der Waals surface area contributed by atoms with Crippen LogP contribution in [0.1, 0.15) is 6.92 Å². The fourth-order valence-electron chi connectivity index (χ4n) is 1.60. The molecule has 0 radical (unpaired) electrons. The predicted octanol–water partition coefficient (Wildman–Crippen LogP) is 2.00. The van der Waals surface area contributed by atoms with E-state index in [2.05, 4.69) is 4.99 Å². The number of carbonyl (C=O) groups is 1. The lowest BCUT2D eigenvalue weighted by atomic mass is 10.3. The number of nitriles is 1. The first kappa shape index (κ1) is 12.5. The van der Waals surface area contributed by atoms with E-state index in [1.807, 2.05) is 31.2 Å². The van der Waals surface area contributed by atoms with Gasteiger partial charge in [-0.25, -0.2) is 0 Å². The molecular formula is C12H11N3O2S. The number of thioether (sulfide) groups is 1. The molecule has 1 aromatic rings. The first-order chi connectivity index (χ1) is 8.74. The fourth-order valence-corrected chi connectivity index (χ4v) is 2.37. The van der Waals surface area contributed by atoms with Crippen molar-refractivity contribution < 1.29 is 9.53 Å². The Kier molecular flexibility index (Phi) is 3.85. The number of anilines is 1. The SMILES string of the molecule is CCOc1ccc(N2CC(=O)SC2=NC#N)cc1. The highest BCUT2D eigenvalue weighted by Gasteiger charge is 2.28. The normalized spacial score (nSPS) is 17.0. The van der Waals surface area contributed by atoms with Crippen molar-refractivity contribution >= 4 is 27.7 Å². The van der Waals surface area contributed by atoms with Gasteiger partial charge < -0.3 is 9.64 Å². The van der Waals surface area contributed by atoms with E-state index in [9.17, 15) is 4.79 Å². The second-order valence-corrected chi connectivity index (χ2v) is 4.51. The maximum atomic E-state index is 11.4. The number of rotatable bonds is 3. The number of nitrogens with zero attached hydrogens (tertiary/aromatic N) is 3. The molecule has 0 atom stereocenters. The van der Waals surface area contributed by atoms with Gasteiger partial charge in [0.25, 0.3) is 0 Å². The van der Waals surface area contributed by atoms with E-state index in [0.717, 1.165) is 23.2 Å². The van der Waals surface area contributed by atoms with Gasteiger partial charge in [-0.15, -0.1) is 4.99 Å². The minimum absolute atomic E-state index is 0.0158. The molecule has 0 N–H and O–H groups in total. The molecule has 6 heteroatoms. The highest BCUT2D eigenvalue weighted by molar-refractivity contribution is 8.27. The van der Waals surface area contributed by atoms with Gasteiger partial charge in [0.1, 0.15) is 5.75 Å². The Balaban J connectivity index is 2.23. The van der Waals surface area contributed by atoms with Gasteiger partial charge in [0.15, 0.2) is 5.17 Å². The number of hydrogen-bond acceptors (Lipinski definition) is 5. The van der Waals surface area contributed by atoms with Gasteiger partial charge in [-0.2, -0.15) is 5.26 Å². The molecule has 0 unspecified atom stereocenters. The predicted molar refractivity (Wildman–Crippen MR) is 70.6 cm³/mol. The molecule has 1 aliphatic heterocycles. The average molecular weight is 261 g/mol. The first-order valence-corrected chi connectivity index (χ1v) is 6.24. The number of benzene rings is 1. The van der Waals surface area contributed by atoms with Crippen molar-refractivity contribution in [1.29, 1.82) is 5.26 Å². The smallest absolute Gasteiger partial charge is 0.216 e. The molecule has 0 aromatic heterocycles. The van der Waals surface area contributed by atoms with Gasteiger partial charge in [0.05, 0.1) is 13.2 Å². The molecule has 1 aliphatic rings. The van der Waals surface area contributed by atoms with Crippen LogP contribution in [0, 0.1) is 11.5 Å². The molecule has 2 rings (SSSR count). The van der Waals surface area contributed by atoms with E-state index in [4.69, 9.17) is 10.00 Å². The Morgan fingerprint density at radius 2 is 2.22 bits per heavy atom. The van der Waals surface area contributed by atoms with Crippen molar-refractivity contribution in [3.63, 3.8) is 0 Å². The third-order valence-corrected chi connectivity index (χ3v) is 3.18. The Bertz CT molecular complexity index is 519. The Morgan fingerprint density at radius 3 is 2.83 bits per heavy atom. The summed E-state index contributed by atoms with van der Waals surface area (Å²) in [7, 11) is 0. The first-order valence-electron chi connectivity index (χ1n) is 5.42. The maximum absolute atomic E-state index is 11.4. The van der Waals surface area contributed by atoms with Crippen LogP contribution in [0.5, 0.6) is 5.75 Å². The molecule has 0 amide bonds. The summed E-state index contributed by atoms with van der Waals surface area (Å²) in [5.74, 6) is 0.776. The van der Waals surface area contributed by atoms with Crippen molar-refractivity contribution in [2.75, 3.05) is 18.1 Å². The Morgan fingerprint density at radius 1 is 1.50 bits per heavy atom. The summed E-state index contributed by atoms with van der Waals surface area (Å²) in [5.41, 5.74) is 0.825. The molecular weight excluding hydrogens is 250 g/mol. The van der Waals surface area contributed by atoms with E-state index >= 15 is 0 Å². The van der Waals surface area contributed by atoms with Crippen LogP contribution in [-0.4, -0.2) is 23.4 Å². The summed E-state index contributed by atoms with van der Waals surface area (Å²) >= 11 is 0.991. The molecule has 0 spiro atoms. The highest BCUT2D eigenvalue weighted by Crippen LogP contribution is 2.28. The third kappa shape index (κ3) is 2.63. The zero-order valence-electron chi connectivity index (χ0n) is 9.79. The second kappa shape index (κ2) is 5.56. The summed E-state index contributed by atoms with van der Waals surface area (Å²) in [5, 5.41) is 8.99. The Hall–Kier alpha value is -2.00. The second-order valence-electron chi connectivity index (χ2n) is 3.48. The lowest BCUT2D eigenvalue weighted by Gasteiger charge is -2.16. The molecule has 5 nitrogen and oxygen atoms in total. The minimum Gasteiger partial charge on any atom is -0.494 e. The van der Waals surface area contributed by atoms with Crippen molar-refractivity contribution in [2.24, 2.45) is 4.99 Å². The van der Waals surface area contributed by atoms with Gasteiger partial charge in [-0.3, -0.25) is 4.79 Å². The summed E-state index contributed by atoms with van der Waals surface area (Å²) < 4.78 is 5.35. The van der Waals surface area contributed by atoms with Crippen LogP contribution in [0.4, 0.5) is 5.69 Å². The van der Waals surface area contributed by atoms with Crippen LogP contribution < -0.4 is 9.64 Å². The van der Waals surface area contributed by atoms with Crippen LogP contribution in [-0.2, 0) is 4.79 Å². The molecule has 0 aliphatic carbocycles. The van der Waals surface area contributed by atoms with Crippen molar-refractivity contribution in [3.05, 3.63) is 24.3 Å². The van der Waals surface area contributed by atoms with Crippen LogP contribution >= 0.6 is 11.8 Å². The van der Waals surface area contributed by atoms with E-state index < -0.39 is 0 Å². The fraction of sp³-hybridized carbons (Fsp3) is 0.250.